The van der Waals surface area contributed by atoms with Gasteiger partial charge in [-0.2, -0.15) is 0 Å². The van der Waals surface area contributed by atoms with Gasteiger partial charge in [0.05, 0.1) is 0 Å². The highest BCUT2D eigenvalue weighted by atomic mass is 16.4. The number of aromatic nitrogens is 1. The zero-order valence-corrected chi connectivity index (χ0v) is 9.48. The largest absolute Gasteiger partial charge is 0.409 e. The molecule has 0 amide bonds. The summed E-state index contributed by atoms with van der Waals surface area (Å²) in [6.45, 7) is 2.90. The molecule has 0 aliphatic heterocycles. The number of rotatable bonds is 6. The van der Waals surface area contributed by atoms with Gasteiger partial charge in [0.2, 0.25) is 0 Å². The third-order valence-corrected chi connectivity index (χ3v) is 2.16. The molecule has 0 fully saturated rings. The van der Waals surface area contributed by atoms with E-state index < -0.39 is 0 Å². The Hall–Kier alpha value is -1.78. The summed E-state index contributed by atoms with van der Waals surface area (Å²) in [6.07, 6.45) is 2.25. The van der Waals surface area contributed by atoms with E-state index in [0.29, 0.717) is 6.42 Å². The van der Waals surface area contributed by atoms with E-state index in [2.05, 4.69) is 15.5 Å². The zero-order valence-electron chi connectivity index (χ0n) is 9.48. The maximum atomic E-state index is 8.38. The van der Waals surface area contributed by atoms with Crippen molar-refractivity contribution in [3.8, 4) is 0 Å². The predicted octanol–water partition coefficient (Wildman–Crippen LogP) is 1.58. The maximum absolute atomic E-state index is 8.38. The van der Waals surface area contributed by atoms with Crippen molar-refractivity contribution in [3.05, 3.63) is 23.9 Å². The van der Waals surface area contributed by atoms with Gasteiger partial charge in [0.25, 0.3) is 0 Å². The van der Waals surface area contributed by atoms with Gasteiger partial charge in [0.15, 0.2) is 0 Å². The van der Waals surface area contributed by atoms with Crippen molar-refractivity contribution in [3.63, 3.8) is 0 Å². The van der Waals surface area contributed by atoms with E-state index in [1.807, 2.05) is 25.1 Å². The van der Waals surface area contributed by atoms with Gasteiger partial charge in [-0.3, -0.25) is 0 Å². The molecule has 16 heavy (non-hydrogen) atoms. The monoisotopic (exact) mass is 222 g/mol. The minimum atomic E-state index is 0.267. The number of hydrogen-bond donors (Lipinski definition) is 3. The average Bonchev–Trinajstić information content (AvgIpc) is 2.30. The van der Waals surface area contributed by atoms with Gasteiger partial charge in [-0.05, 0) is 31.9 Å². The van der Waals surface area contributed by atoms with Gasteiger partial charge < -0.3 is 16.3 Å². The lowest BCUT2D eigenvalue weighted by molar-refractivity contribution is 0.316. The minimum Gasteiger partial charge on any atom is -0.409 e. The quantitative estimate of drug-likeness (QED) is 0.295. The minimum absolute atomic E-state index is 0.267. The Balaban J connectivity index is 2.44. The summed E-state index contributed by atoms with van der Waals surface area (Å²) >= 11 is 0. The first-order valence-corrected chi connectivity index (χ1v) is 5.42. The Kier molecular flexibility index (Phi) is 5.11. The van der Waals surface area contributed by atoms with Gasteiger partial charge in [-0.1, -0.05) is 11.2 Å². The van der Waals surface area contributed by atoms with Crippen molar-refractivity contribution in [2.45, 2.75) is 26.2 Å². The van der Waals surface area contributed by atoms with Crippen LogP contribution in [0.4, 0.5) is 5.82 Å². The van der Waals surface area contributed by atoms with Crippen LogP contribution < -0.4 is 11.1 Å². The average molecular weight is 222 g/mol. The van der Waals surface area contributed by atoms with Crippen LogP contribution in [0, 0.1) is 0 Å². The van der Waals surface area contributed by atoms with Crippen LogP contribution in [-0.2, 0) is 6.42 Å². The van der Waals surface area contributed by atoms with Gasteiger partial charge in [-0.15, -0.1) is 0 Å². The van der Waals surface area contributed by atoms with Crippen LogP contribution in [0.15, 0.2) is 23.4 Å². The van der Waals surface area contributed by atoms with Gasteiger partial charge in [-0.25, -0.2) is 4.98 Å². The number of nitrogens with one attached hydrogen (secondary N) is 1. The molecule has 4 N–H and O–H groups in total. The van der Waals surface area contributed by atoms with Crippen LogP contribution in [-0.4, -0.2) is 22.6 Å². The van der Waals surface area contributed by atoms with Crippen molar-refractivity contribution in [2.24, 2.45) is 10.9 Å². The number of anilines is 1. The molecule has 5 nitrogen and oxygen atoms in total. The maximum Gasteiger partial charge on any atom is 0.139 e. The number of nitrogens with two attached hydrogens (primary N) is 1. The molecule has 0 saturated carbocycles. The van der Waals surface area contributed by atoms with Crippen LogP contribution in [0.1, 0.15) is 25.5 Å². The number of aryl methyl sites for hydroxylation is 1. The molecule has 0 aliphatic carbocycles. The summed E-state index contributed by atoms with van der Waals surface area (Å²) in [5.41, 5.74) is 6.40. The predicted molar refractivity (Wildman–Crippen MR) is 64.7 cm³/mol. The molecule has 1 aromatic heterocycles. The molecule has 0 unspecified atom stereocenters. The summed E-state index contributed by atoms with van der Waals surface area (Å²) in [5.74, 6) is 1.16. The summed E-state index contributed by atoms with van der Waals surface area (Å²) in [7, 11) is 0. The Bertz CT molecular complexity index is 352. The number of nitrogens with zero attached hydrogens (tertiary/aromatic N) is 2. The number of hydrogen-bond acceptors (Lipinski definition) is 4. The highest BCUT2D eigenvalue weighted by Gasteiger charge is 1.99. The van der Waals surface area contributed by atoms with Crippen molar-refractivity contribution in [2.75, 3.05) is 11.9 Å². The fourth-order valence-corrected chi connectivity index (χ4v) is 1.40. The van der Waals surface area contributed by atoms with Crippen molar-refractivity contribution < 1.29 is 5.21 Å². The molecule has 1 heterocycles. The Labute approximate surface area is 95.4 Å². The summed E-state index contributed by atoms with van der Waals surface area (Å²) in [6, 6.07) is 5.90. The molecule has 5 heteroatoms. The smallest absolute Gasteiger partial charge is 0.139 e. The normalized spacial score (nSPS) is 11.4. The van der Waals surface area contributed by atoms with Crippen LogP contribution in [0.5, 0.6) is 0 Å². The lowest BCUT2D eigenvalue weighted by atomic mass is 10.1. The molecule has 0 saturated heterocycles. The Morgan fingerprint density at radius 1 is 1.56 bits per heavy atom. The SMILES string of the molecule is CCNc1cccc(CCC/C(N)=N\O)n1. The van der Waals surface area contributed by atoms with Gasteiger partial charge in [0, 0.05) is 18.7 Å². The second kappa shape index (κ2) is 6.66. The van der Waals surface area contributed by atoms with Crippen LogP contribution in [0.25, 0.3) is 0 Å². The summed E-state index contributed by atoms with van der Waals surface area (Å²) in [5, 5.41) is 14.5. The van der Waals surface area contributed by atoms with E-state index in [4.69, 9.17) is 10.9 Å². The lowest BCUT2D eigenvalue weighted by Gasteiger charge is -2.05. The molecule has 0 aromatic carbocycles. The number of oxime groups is 1. The van der Waals surface area contributed by atoms with Crippen LogP contribution >= 0.6 is 0 Å². The van der Waals surface area contributed by atoms with Gasteiger partial charge >= 0.3 is 0 Å². The highest BCUT2D eigenvalue weighted by molar-refractivity contribution is 5.79. The third kappa shape index (κ3) is 4.16. The standard InChI is InChI=1S/C11H18N4O/c1-2-13-11-8-4-6-9(14-11)5-3-7-10(12)15-16/h4,6,8,16H,2-3,5,7H2,1H3,(H2,12,15)(H,13,14). The van der Waals surface area contributed by atoms with E-state index in [1.165, 1.54) is 0 Å². The van der Waals surface area contributed by atoms with Crippen molar-refractivity contribution in [1.29, 1.82) is 0 Å². The van der Waals surface area contributed by atoms with E-state index in [0.717, 1.165) is 30.9 Å². The molecule has 0 aliphatic rings. The molecule has 0 radical (unpaired) electrons. The molecule has 1 aromatic rings. The third-order valence-electron chi connectivity index (χ3n) is 2.16. The molecule has 0 atom stereocenters. The molecule has 88 valence electrons. The Morgan fingerprint density at radius 2 is 2.38 bits per heavy atom. The van der Waals surface area contributed by atoms with E-state index in [-0.39, 0.29) is 5.84 Å². The van der Waals surface area contributed by atoms with Crippen molar-refractivity contribution >= 4 is 11.7 Å². The number of amidine groups is 1. The first-order valence-electron chi connectivity index (χ1n) is 5.42. The first-order chi connectivity index (χ1) is 7.76. The molecule has 0 spiro atoms. The fourth-order valence-electron chi connectivity index (χ4n) is 1.40. The highest BCUT2D eigenvalue weighted by Crippen LogP contribution is 2.07. The van der Waals surface area contributed by atoms with Crippen molar-refractivity contribution in [1.82, 2.24) is 4.98 Å². The first kappa shape index (κ1) is 12.3. The summed E-state index contributed by atoms with van der Waals surface area (Å²) in [4.78, 5) is 4.43. The lowest BCUT2D eigenvalue weighted by Crippen LogP contribution is -2.11. The molecular weight excluding hydrogens is 204 g/mol. The van der Waals surface area contributed by atoms with E-state index >= 15 is 0 Å². The van der Waals surface area contributed by atoms with E-state index in [1.54, 1.807) is 0 Å². The topological polar surface area (TPSA) is 83.5 Å². The number of pyridine rings is 1. The Morgan fingerprint density at radius 3 is 3.06 bits per heavy atom. The second-order valence-electron chi connectivity index (χ2n) is 3.49. The van der Waals surface area contributed by atoms with Gasteiger partial charge in [0.1, 0.15) is 11.7 Å². The summed E-state index contributed by atoms with van der Waals surface area (Å²) < 4.78 is 0. The van der Waals surface area contributed by atoms with Crippen LogP contribution in [0.2, 0.25) is 0 Å². The second-order valence-corrected chi connectivity index (χ2v) is 3.49. The molecular formula is C11H18N4O. The molecule has 0 bridgehead atoms. The fraction of sp³-hybridized carbons (Fsp3) is 0.455. The zero-order chi connectivity index (χ0) is 11.8. The molecule has 1 rings (SSSR count). The van der Waals surface area contributed by atoms with E-state index in [9.17, 15) is 0 Å². The van der Waals surface area contributed by atoms with Crippen LogP contribution in [0.3, 0.4) is 0 Å².